The lowest BCUT2D eigenvalue weighted by molar-refractivity contribution is 0.148. The molecule has 0 bridgehead atoms. The van der Waals surface area contributed by atoms with Gasteiger partial charge < -0.3 is 10.6 Å². The van der Waals surface area contributed by atoms with Gasteiger partial charge in [0.1, 0.15) is 5.82 Å². The third-order valence-corrected chi connectivity index (χ3v) is 3.45. The zero-order valence-electron chi connectivity index (χ0n) is 10.6. The van der Waals surface area contributed by atoms with Crippen molar-refractivity contribution in [2.45, 2.75) is 50.6 Å². The lowest BCUT2D eigenvalue weighted by atomic mass is 9.64. The van der Waals surface area contributed by atoms with E-state index in [4.69, 9.17) is 12.3 Å². The van der Waals surface area contributed by atoms with E-state index in [1.54, 1.807) is 0 Å². The first-order chi connectivity index (χ1) is 7.88. The molecule has 0 radical (unpaired) electrons. The van der Waals surface area contributed by atoms with E-state index in [1.165, 1.54) is 0 Å². The second-order valence-electron chi connectivity index (χ2n) is 5.61. The van der Waals surface area contributed by atoms with Crippen LogP contribution < -0.4 is 5.73 Å². The summed E-state index contributed by atoms with van der Waals surface area (Å²) in [5.74, 6) is 1.09. The first-order valence-corrected chi connectivity index (χ1v) is 5.88. The van der Waals surface area contributed by atoms with Gasteiger partial charge in [0.25, 0.3) is 0 Å². The van der Waals surface area contributed by atoms with Crippen LogP contribution >= 0.6 is 0 Å². The number of hydrogen-bond donors (Lipinski definition) is 1. The van der Waals surface area contributed by atoms with E-state index in [2.05, 4.69) is 28.7 Å². The fourth-order valence-electron chi connectivity index (χ4n) is 2.44. The van der Waals surface area contributed by atoms with Gasteiger partial charge >= 0.3 is 0 Å². The molecule has 2 rings (SSSR count). The fourth-order valence-corrected chi connectivity index (χ4v) is 2.44. The van der Waals surface area contributed by atoms with E-state index < -0.39 is 5.54 Å². The highest BCUT2D eigenvalue weighted by molar-refractivity contribution is 5.24. The van der Waals surface area contributed by atoms with Crippen molar-refractivity contribution in [2.24, 2.45) is 5.73 Å². The maximum Gasteiger partial charge on any atom is 0.234 e. The molecule has 2 N–H and O–H groups in total. The predicted molar refractivity (Wildman–Crippen MR) is 66.2 cm³/mol. The Labute approximate surface area is 102 Å². The molecular weight excluding hydrogens is 212 g/mol. The normalized spacial score (nSPS) is 32.0. The van der Waals surface area contributed by atoms with Crippen molar-refractivity contribution in [1.29, 1.82) is 0 Å². The van der Waals surface area contributed by atoms with Crippen LogP contribution in [0.25, 0.3) is 4.85 Å². The Kier molecular flexibility index (Phi) is 2.67. The maximum absolute atomic E-state index is 7.11. The number of nitrogens with two attached hydrogens (primary N) is 1. The summed E-state index contributed by atoms with van der Waals surface area (Å²) in [6, 6.07) is 0. The van der Waals surface area contributed by atoms with Gasteiger partial charge in [0.15, 0.2) is 0 Å². The standard InChI is InChI=1S/C13H18N4/c1-9(2)10-5-16-11(17-6-10)13(14)7-12(3,8-13)15-4/h5-6,9H,7-8,14H2,1-3H3. The molecule has 0 atom stereocenters. The molecule has 0 aliphatic heterocycles. The number of nitrogens with zero attached hydrogens (tertiary/aromatic N) is 3. The summed E-state index contributed by atoms with van der Waals surface area (Å²) in [4.78, 5) is 12.3. The molecule has 1 aliphatic carbocycles. The zero-order valence-corrected chi connectivity index (χ0v) is 10.6. The Balaban J connectivity index is 2.18. The first kappa shape index (κ1) is 12.0. The minimum Gasteiger partial charge on any atom is -0.318 e. The Morgan fingerprint density at radius 3 is 2.29 bits per heavy atom. The van der Waals surface area contributed by atoms with E-state index in [1.807, 2.05) is 19.3 Å². The highest BCUT2D eigenvalue weighted by Gasteiger charge is 2.57. The molecule has 0 saturated heterocycles. The van der Waals surface area contributed by atoms with Crippen molar-refractivity contribution >= 4 is 0 Å². The minimum atomic E-state index is -0.505. The Morgan fingerprint density at radius 2 is 1.88 bits per heavy atom. The summed E-state index contributed by atoms with van der Waals surface area (Å²) in [6.07, 6.45) is 4.97. The van der Waals surface area contributed by atoms with Crippen molar-refractivity contribution in [3.05, 3.63) is 35.2 Å². The summed E-state index contributed by atoms with van der Waals surface area (Å²) in [6.45, 7) is 13.3. The lowest BCUT2D eigenvalue weighted by Gasteiger charge is -2.43. The van der Waals surface area contributed by atoms with Crippen LogP contribution in [0.1, 0.15) is 50.9 Å². The van der Waals surface area contributed by atoms with Crippen LogP contribution in [0.5, 0.6) is 0 Å². The summed E-state index contributed by atoms with van der Waals surface area (Å²) >= 11 is 0. The molecule has 1 aliphatic rings. The van der Waals surface area contributed by atoms with Crippen molar-refractivity contribution in [3.8, 4) is 0 Å². The van der Waals surface area contributed by atoms with Gasteiger partial charge in [-0.2, -0.15) is 0 Å². The molecule has 17 heavy (non-hydrogen) atoms. The molecule has 1 heterocycles. The van der Waals surface area contributed by atoms with Crippen LogP contribution in [0.15, 0.2) is 12.4 Å². The van der Waals surface area contributed by atoms with Gasteiger partial charge in [0, 0.05) is 19.3 Å². The van der Waals surface area contributed by atoms with Crippen LogP contribution in [0, 0.1) is 6.57 Å². The fraction of sp³-hybridized carbons (Fsp3) is 0.615. The lowest BCUT2D eigenvalue weighted by Crippen LogP contribution is -2.57. The van der Waals surface area contributed by atoms with Crippen LogP contribution in [0.2, 0.25) is 0 Å². The van der Waals surface area contributed by atoms with Gasteiger partial charge in [-0.3, -0.25) is 0 Å². The van der Waals surface area contributed by atoms with Gasteiger partial charge in [0.2, 0.25) is 5.54 Å². The Hall–Kier alpha value is -1.47. The van der Waals surface area contributed by atoms with E-state index in [-0.39, 0.29) is 5.54 Å². The quantitative estimate of drug-likeness (QED) is 0.793. The van der Waals surface area contributed by atoms with Crippen molar-refractivity contribution < 1.29 is 0 Å². The minimum absolute atomic E-state index is 0.325. The van der Waals surface area contributed by atoms with Crippen LogP contribution in [-0.4, -0.2) is 15.5 Å². The molecule has 90 valence electrons. The van der Waals surface area contributed by atoms with E-state index >= 15 is 0 Å². The van der Waals surface area contributed by atoms with Gasteiger partial charge in [0.05, 0.1) is 18.4 Å². The number of rotatable bonds is 2. The highest BCUT2D eigenvalue weighted by Crippen LogP contribution is 2.47. The third-order valence-electron chi connectivity index (χ3n) is 3.45. The molecule has 0 amide bonds. The van der Waals surface area contributed by atoms with Crippen molar-refractivity contribution in [1.82, 2.24) is 9.97 Å². The summed E-state index contributed by atoms with van der Waals surface area (Å²) in [7, 11) is 0. The van der Waals surface area contributed by atoms with Crippen LogP contribution in [-0.2, 0) is 5.54 Å². The Bertz CT molecular complexity index is 449. The Morgan fingerprint density at radius 1 is 1.35 bits per heavy atom. The molecule has 0 spiro atoms. The molecule has 1 fully saturated rings. The van der Waals surface area contributed by atoms with Gasteiger partial charge in [-0.15, -0.1) is 0 Å². The molecule has 0 aromatic carbocycles. The highest BCUT2D eigenvalue weighted by atomic mass is 15.0. The largest absolute Gasteiger partial charge is 0.318 e. The maximum atomic E-state index is 7.11. The molecule has 1 aromatic rings. The predicted octanol–water partition coefficient (Wildman–Crippen LogP) is 2.23. The second-order valence-corrected chi connectivity index (χ2v) is 5.61. The summed E-state index contributed by atoms with van der Waals surface area (Å²) < 4.78 is 0. The van der Waals surface area contributed by atoms with Gasteiger partial charge in [-0.25, -0.2) is 16.5 Å². The monoisotopic (exact) mass is 230 g/mol. The number of hydrogen-bond acceptors (Lipinski definition) is 3. The molecular formula is C13H18N4. The summed E-state index contributed by atoms with van der Waals surface area (Å²) in [5.41, 5.74) is 6.52. The van der Waals surface area contributed by atoms with Crippen LogP contribution in [0.3, 0.4) is 0 Å². The third kappa shape index (κ3) is 2.03. The van der Waals surface area contributed by atoms with Gasteiger partial charge in [-0.1, -0.05) is 13.8 Å². The first-order valence-electron chi connectivity index (χ1n) is 5.88. The average molecular weight is 230 g/mol. The smallest absolute Gasteiger partial charge is 0.234 e. The van der Waals surface area contributed by atoms with E-state index in [0.717, 1.165) is 5.56 Å². The topological polar surface area (TPSA) is 56.2 Å². The average Bonchev–Trinajstić information content (AvgIpc) is 2.27. The zero-order chi connectivity index (χ0) is 12.7. The number of aromatic nitrogens is 2. The van der Waals surface area contributed by atoms with Gasteiger partial charge in [-0.05, 0) is 11.5 Å². The SMILES string of the molecule is [C-]#[N+]C1(C)CC(N)(c2ncc(C(C)C)cn2)C1. The van der Waals surface area contributed by atoms with Crippen LogP contribution in [0.4, 0.5) is 0 Å². The molecule has 0 unspecified atom stereocenters. The summed E-state index contributed by atoms with van der Waals surface area (Å²) in [5, 5.41) is 0. The molecule has 1 saturated carbocycles. The van der Waals surface area contributed by atoms with E-state index in [9.17, 15) is 0 Å². The van der Waals surface area contributed by atoms with Crippen molar-refractivity contribution in [3.63, 3.8) is 0 Å². The van der Waals surface area contributed by atoms with E-state index in [0.29, 0.717) is 24.6 Å². The van der Waals surface area contributed by atoms with Crippen molar-refractivity contribution in [2.75, 3.05) is 0 Å². The second kappa shape index (κ2) is 3.78. The molecule has 4 heteroatoms. The molecule has 1 aromatic heterocycles. The molecule has 4 nitrogen and oxygen atoms in total.